The van der Waals surface area contributed by atoms with Crippen LogP contribution in [-0.4, -0.2) is 53.7 Å². The standard InChI is InChI=1S/C20H25N3O3/c24-18(13-17-15-7-1-2-8-16(15)19(25)21-17)22-9-4-10-23(12-11-22)20(26)14-5-3-6-14/h1-2,7-8,14,17H,3-6,9-13H2,(H,21,25). The van der Waals surface area contributed by atoms with Crippen molar-refractivity contribution in [1.29, 1.82) is 0 Å². The molecular weight excluding hydrogens is 330 g/mol. The lowest BCUT2D eigenvalue weighted by Gasteiger charge is -2.31. The van der Waals surface area contributed by atoms with Gasteiger partial charge in [-0.25, -0.2) is 0 Å². The number of amides is 3. The van der Waals surface area contributed by atoms with Gasteiger partial charge in [-0.1, -0.05) is 24.6 Å². The van der Waals surface area contributed by atoms with Gasteiger partial charge in [0.1, 0.15) is 0 Å². The third-order valence-electron chi connectivity index (χ3n) is 5.88. The third-order valence-corrected chi connectivity index (χ3v) is 5.88. The van der Waals surface area contributed by atoms with Gasteiger partial charge in [-0.2, -0.15) is 0 Å². The number of nitrogens with one attached hydrogen (secondary N) is 1. The van der Waals surface area contributed by atoms with E-state index in [-0.39, 0.29) is 36.1 Å². The van der Waals surface area contributed by atoms with Gasteiger partial charge in [0.25, 0.3) is 5.91 Å². The number of benzene rings is 1. The molecule has 1 atom stereocenters. The Morgan fingerprint density at radius 1 is 1.00 bits per heavy atom. The molecule has 6 heteroatoms. The lowest BCUT2D eigenvalue weighted by atomic mass is 9.84. The summed E-state index contributed by atoms with van der Waals surface area (Å²) < 4.78 is 0. The quantitative estimate of drug-likeness (QED) is 0.898. The van der Waals surface area contributed by atoms with Gasteiger partial charge >= 0.3 is 0 Å². The van der Waals surface area contributed by atoms with Crippen LogP contribution in [0.3, 0.4) is 0 Å². The number of hydrogen-bond acceptors (Lipinski definition) is 3. The molecule has 1 unspecified atom stereocenters. The minimum absolute atomic E-state index is 0.0462. The fourth-order valence-corrected chi connectivity index (χ4v) is 4.09. The van der Waals surface area contributed by atoms with Gasteiger partial charge in [-0.15, -0.1) is 0 Å². The second-order valence-electron chi connectivity index (χ2n) is 7.50. The molecule has 6 nitrogen and oxygen atoms in total. The van der Waals surface area contributed by atoms with Crippen LogP contribution in [0.15, 0.2) is 24.3 Å². The van der Waals surface area contributed by atoms with E-state index in [1.807, 2.05) is 28.0 Å². The predicted octanol–water partition coefficient (Wildman–Crippen LogP) is 1.72. The van der Waals surface area contributed by atoms with Crippen LogP contribution in [0, 0.1) is 5.92 Å². The summed E-state index contributed by atoms with van der Waals surface area (Å²) in [6.45, 7) is 2.62. The summed E-state index contributed by atoms with van der Waals surface area (Å²) in [7, 11) is 0. The van der Waals surface area contributed by atoms with Gasteiger partial charge < -0.3 is 15.1 Å². The van der Waals surface area contributed by atoms with Crippen molar-refractivity contribution in [2.45, 2.75) is 38.1 Å². The second-order valence-corrected chi connectivity index (χ2v) is 7.50. The summed E-state index contributed by atoms with van der Waals surface area (Å²) >= 11 is 0. The van der Waals surface area contributed by atoms with Gasteiger partial charge in [0.15, 0.2) is 0 Å². The van der Waals surface area contributed by atoms with E-state index in [1.54, 1.807) is 6.07 Å². The first kappa shape index (κ1) is 17.1. The fourth-order valence-electron chi connectivity index (χ4n) is 4.09. The summed E-state index contributed by atoms with van der Waals surface area (Å²) in [6, 6.07) is 7.19. The van der Waals surface area contributed by atoms with E-state index in [9.17, 15) is 14.4 Å². The second kappa shape index (κ2) is 7.09. The van der Waals surface area contributed by atoms with Crippen molar-refractivity contribution in [3.63, 3.8) is 0 Å². The van der Waals surface area contributed by atoms with Gasteiger partial charge in [0.2, 0.25) is 11.8 Å². The first-order chi connectivity index (χ1) is 12.6. The zero-order chi connectivity index (χ0) is 18.1. The number of carbonyl (C=O) groups excluding carboxylic acids is 3. The molecule has 1 aromatic rings. The summed E-state index contributed by atoms with van der Waals surface area (Å²) in [5.74, 6) is 0.418. The molecular formula is C20H25N3O3. The van der Waals surface area contributed by atoms with Crippen molar-refractivity contribution < 1.29 is 14.4 Å². The number of carbonyl (C=O) groups is 3. The summed E-state index contributed by atoms with van der Waals surface area (Å²) in [5.41, 5.74) is 1.57. The van der Waals surface area contributed by atoms with Gasteiger partial charge in [-0.05, 0) is 30.9 Å². The smallest absolute Gasteiger partial charge is 0.252 e. The molecule has 138 valence electrons. The summed E-state index contributed by atoms with van der Waals surface area (Å²) in [6.07, 6.45) is 4.28. The molecule has 2 fully saturated rings. The number of fused-ring (bicyclic) bond motifs is 1. The molecule has 3 amide bonds. The Bertz CT molecular complexity index is 729. The average molecular weight is 355 g/mol. The van der Waals surface area contributed by atoms with Crippen LogP contribution in [0.4, 0.5) is 0 Å². The fraction of sp³-hybridized carbons (Fsp3) is 0.550. The SMILES string of the molecule is O=C1NC(CC(=O)N2CCCN(C(=O)C3CCC3)CC2)c2ccccc21. The Hall–Kier alpha value is -2.37. The highest BCUT2D eigenvalue weighted by Crippen LogP contribution is 2.29. The van der Waals surface area contributed by atoms with Crippen LogP contribution in [0.1, 0.15) is 54.1 Å². The Labute approximate surface area is 153 Å². The van der Waals surface area contributed by atoms with Gasteiger partial charge in [0.05, 0.1) is 12.5 Å². The molecule has 2 heterocycles. The van der Waals surface area contributed by atoms with E-state index < -0.39 is 0 Å². The lowest BCUT2D eigenvalue weighted by Crippen LogP contribution is -2.42. The Balaban J connectivity index is 1.35. The first-order valence-electron chi connectivity index (χ1n) is 9.60. The molecule has 1 N–H and O–H groups in total. The monoisotopic (exact) mass is 355 g/mol. The maximum Gasteiger partial charge on any atom is 0.252 e. The van der Waals surface area contributed by atoms with E-state index >= 15 is 0 Å². The number of nitrogens with zero attached hydrogens (tertiary/aromatic N) is 2. The van der Waals surface area contributed by atoms with E-state index in [4.69, 9.17) is 0 Å². The molecule has 1 saturated heterocycles. The van der Waals surface area contributed by atoms with Crippen molar-refractivity contribution in [3.8, 4) is 0 Å². The Kier molecular flexibility index (Phi) is 4.66. The van der Waals surface area contributed by atoms with E-state index in [0.717, 1.165) is 37.8 Å². The minimum atomic E-state index is -0.248. The van der Waals surface area contributed by atoms with Crippen molar-refractivity contribution in [3.05, 3.63) is 35.4 Å². The van der Waals surface area contributed by atoms with Gasteiger partial charge in [0, 0.05) is 37.7 Å². The van der Waals surface area contributed by atoms with Crippen LogP contribution in [0.5, 0.6) is 0 Å². The van der Waals surface area contributed by atoms with E-state index in [2.05, 4.69) is 5.32 Å². The van der Waals surface area contributed by atoms with Crippen LogP contribution in [-0.2, 0) is 9.59 Å². The minimum Gasteiger partial charge on any atom is -0.345 e. The summed E-state index contributed by atoms with van der Waals surface area (Å²) in [4.78, 5) is 41.0. The largest absolute Gasteiger partial charge is 0.345 e. The highest BCUT2D eigenvalue weighted by atomic mass is 16.2. The third kappa shape index (κ3) is 3.20. The van der Waals surface area contributed by atoms with Crippen molar-refractivity contribution in [1.82, 2.24) is 15.1 Å². The molecule has 26 heavy (non-hydrogen) atoms. The molecule has 1 saturated carbocycles. The zero-order valence-corrected chi connectivity index (χ0v) is 14.9. The highest BCUT2D eigenvalue weighted by Gasteiger charge is 2.33. The molecule has 0 bridgehead atoms. The normalized spacial score (nSPS) is 23.1. The summed E-state index contributed by atoms with van der Waals surface area (Å²) in [5, 5.41) is 2.91. The van der Waals surface area contributed by atoms with Crippen molar-refractivity contribution >= 4 is 17.7 Å². The topological polar surface area (TPSA) is 69.7 Å². The molecule has 3 aliphatic rings. The highest BCUT2D eigenvalue weighted by molar-refractivity contribution is 5.99. The van der Waals surface area contributed by atoms with Crippen LogP contribution in [0.25, 0.3) is 0 Å². The molecule has 2 aliphatic heterocycles. The predicted molar refractivity (Wildman–Crippen MR) is 96.4 cm³/mol. The van der Waals surface area contributed by atoms with Gasteiger partial charge in [-0.3, -0.25) is 14.4 Å². The molecule has 0 radical (unpaired) electrons. The van der Waals surface area contributed by atoms with E-state index in [1.165, 1.54) is 0 Å². The zero-order valence-electron chi connectivity index (χ0n) is 14.9. The maximum atomic E-state index is 12.8. The maximum absolute atomic E-state index is 12.8. The molecule has 1 aromatic carbocycles. The Morgan fingerprint density at radius 3 is 2.50 bits per heavy atom. The number of hydrogen-bond donors (Lipinski definition) is 1. The molecule has 0 aromatic heterocycles. The lowest BCUT2D eigenvalue weighted by molar-refractivity contribution is -0.138. The average Bonchev–Trinajstić information content (AvgIpc) is 2.77. The number of rotatable bonds is 3. The van der Waals surface area contributed by atoms with Crippen LogP contribution >= 0.6 is 0 Å². The van der Waals surface area contributed by atoms with Crippen LogP contribution < -0.4 is 5.32 Å². The molecule has 1 aliphatic carbocycles. The van der Waals surface area contributed by atoms with E-state index in [0.29, 0.717) is 25.2 Å². The molecule has 0 spiro atoms. The molecule has 4 rings (SSSR count). The Morgan fingerprint density at radius 2 is 1.73 bits per heavy atom. The first-order valence-corrected chi connectivity index (χ1v) is 9.60. The van der Waals surface area contributed by atoms with Crippen molar-refractivity contribution in [2.75, 3.05) is 26.2 Å². The van der Waals surface area contributed by atoms with Crippen molar-refractivity contribution in [2.24, 2.45) is 5.92 Å². The van der Waals surface area contributed by atoms with Crippen LogP contribution in [0.2, 0.25) is 0 Å².